The molecule has 1 nitrogen and oxygen atoms in total. The number of nitrogens with zero attached hydrogens (tertiary/aromatic N) is 1. The molecule has 0 aliphatic heterocycles. The van der Waals surface area contributed by atoms with E-state index in [2.05, 4.69) is 43.8 Å². The molecule has 0 bridgehead atoms. The Balaban J connectivity index is 2.32. The normalized spacial score (nSPS) is 11.4. The van der Waals surface area contributed by atoms with E-state index in [1.165, 1.54) is 173 Å². The van der Waals surface area contributed by atoms with Crippen LogP contribution in [-0.4, -0.2) is 0 Å². The lowest BCUT2D eigenvalue weighted by Gasteiger charge is -2.07. The number of aryl methyl sites for hydroxylation is 3. The minimum absolute atomic E-state index is 1.21. The summed E-state index contributed by atoms with van der Waals surface area (Å²) in [6.45, 7) is 8.14. The first-order valence-corrected chi connectivity index (χ1v) is 16.8. The average molecular weight is 501 g/mol. The fourth-order valence-electron chi connectivity index (χ4n) is 5.53. The van der Waals surface area contributed by atoms with Crippen LogP contribution in [0, 0.1) is 0 Å². The van der Waals surface area contributed by atoms with E-state index in [1.807, 2.05) is 0 Å². The molecule has 0 fully saturated rings. The van der Waals surface area contributed by atoms with Crippen molar-refractivity contribution in [1.82, 2.24) is 0 Å². The molecule has 0 N–H and O–H groups in total. The Labute approximate surface area is 228 Å². The molecule has 0 saturated carbocycles. The van der Waals surface area contributed by atoms with E-state index in [4.69, 9.17) is 0 Å². The van der Waals surface area contributed by atoms with Gasteiger partial charge in [0.1, 0.15) is 6.54 Å². The molecular weight excluding hydrogens is 434 g/mol. The van der Waals surface area contributed by atoms with Crippen LogP contribution in [0.3, 0.4) is 0 Å². The monoisotopic (exact) mass is 501 g/mol. The first-order chi connectivity index (χ1) is 17.8. The highest BCUT2D eigenvalue weighted by atomic mass is 14.9. The van der Waals surface area contributed by atoms with Gasteiger partial charge in [0, 0.05) is 17.5 Å². The van der Waals surface area contributed by atoms with E-state index in [0.717, 1.165) is 0 Å². The standard InChI is InChI=1S/C35H66N/c1-4-7-10-13-16-17-18-19-20-21-24-27-30-36-32-34(28-25-22-14-11-8-5-2)31-35(33-36)29-26-23-15-12-9-6-3/h31-33H,4-30H2,1-3H3/q+1. The molecule has 0 amide bonds. The Morgan fingerprint density at radius 3 is 1.06 bits per heavy atom. The number of aromatic nitrogens is 1. The Morgan fingerprint density at radius 1 is 0.389 bits per heavy atom. The van der Waals surface area contributed by atoms with E-state index < -0.39 is 0 Å². The van der Waals surface area contributed by atoms with Gasteiger partial charge in [-0.05, 0) is 38.2 Å². The first kappa shape index (κ1) is 33.2. The van der Waals surface area contributed by atoms with Crippen LogP contribution in [0.1, 0.15) is 186 Å². The molecular formula is C35H66N+. The molecule has 36 heavy (non-hydrogen) atoms. The van der Waals surface area contributed by atoms with Crippen molar-refractivity contribution in [2.75, 3.05) is 0 Å². The number of hydrogen-bond acceptors (Lipinski definition) is 0. The van der Waals surface area contributed by atoms with Gasteiger partial charge in [-0.3, -0.25) is 0 Å². The average Bonchev–Trinajstić information content (AvgIpc) is 2.89. The highest BCUT2D eigenvalue weighted by Crippen LogP contribution is 2.15. The van der Waals surface area contributed by atoms with Crippen molar-refractivity contribution in [3.63, 3.8) is 0 Å². The zero-order valence-electron chi connectivity index (χ0n) is 25.3. The topological polar surface area (TPSA) is 3.88 Å². The number of rotatable bonds is 27. The fourth-order valence-corrected chi connectivity index (χ4v) is 5.53. The number of unbranched alkanes of at least 4 members (excludes halogenated alkanes) is 21. The second-order valence-corrected chi connectivity index (χ2v) is 11.7. The third-order valence-electron chi connectivity index (χ3n) is 7.94. The van der Waals surface area contributed by atoms with Crippen molar-refractivity contribution in [1.29, 1.82) is 0 Å². The van der Waals surface area contributed by atoms with Gasteiger partial charge in [0.15, 0.2) is 12.4 Å². The molecule has 1 rings (SSSR count). The van der Waals surface area contributed by atoms with E-state index in [1.54, 1.807) is 11.1 Å². The van der Waals surface area contributed by atoms with Gasteiger partial charge in [0.2, 0.25) is 0 Å². The van der Waals surface area contributed by atoms with Crippen LogP contribution in [0.25, 0.3) is 0 Å². The van der Waals surface area contributed by atoms with Crippen LogP contribution in [0.15, 0.2) is 18.5 Å². The van der Waals surface area contributed by atoms with Crippen LogP contribution < -0.4 is 4.57 Å². The molecule has 0 aromatic carbocycles. The Hall–Kier alpha value is -0.850. The van der Waals surface area contributed by atoms with Gasteiger partial charge < -0.3 is 0 Å². The van der Waals surface area contributed by atoms with E-state index in [0.29, 0.717) is 0 Å². The molecule has 1 heterocycles. The maximum Gasteiger partial charge on any atom is 0.171 e. The SMILES string of the molecule is CCCCCCCCCCCCCC[n+]1cc(CCCCCCCC)cc(CCCCCCCC)c1. The lowest BCUT2D eigenvalue weighted by molar-refractivity contribution is -0.698. The molecule has 0 aliphatic rings. The second-order valence-electron chi connectivity index (χ2n) is 11.7. The number of hydrogen-bond donors (Lipinski definition) is 0. The van der Waals surface area contributed by atoms with Gasteiger partial charge in [0.25, 0.3) is 0 Å². The van der Waals surface area contributed by atoms with Crippen LogP contribution in [-0.2, 0) is 19.4 Å². The maximum atomic E-state index is 2.55. The Bertz CT molecular complexity index is 544. The zero-order valence-corrected chi connectivity index (χ0v) is 25.3. The summed E-state index contributed by atoms with van der Waals surface area (Å²) in [4.78, 5) is 0. The van der Waals surface area contributed by atoms with Crippen LogP contribution in [0.2, 0.25) is 0 Å². The minimum Gasteiger partial charge on any atom is -0.205 e. The highest BCUT2D eigenvalue weighted by molar-refractivity contribution is 5.15. The number of pyridine rings is 1. The van der Waals surface area contributed by atoms with Gasteiger partial charge in [-0.1, -0.05) is 149 Å². The van der Waals surface area contributed by atoms with Gasteiger partial charge in [-0.25, -0.2) is 4.57 Å². The lowest BCUT2D eigenvalue weighted by atomic mass is 10.0. The van der Waals surface area contributed by atoms with E-state index in [-0.39, 0.29) is 0 Å². The predicted octanol–water partition coefficient (Wildman–Crippen LogP) is 11.5. The molecule has 210 valence electrons. The summed E-state index contributed by atoms with van der Waals surface area (Å²) < 4.78 is 2.55. The molecule has 0 spiro atoms. The third-order valence-corrected chi connectivity index (χ3v) is 7.94. The fraction of sp³-hybridized carbons (Fsp3) is 0.857. The molecule has 0 atom stereocenters. The summed E-state index contributed by atoms with van der Waals surface area (Å²) in [5, 5.41) is 0. The van der Waals surface area contributed by atoms with Gasteiger partial charge in [-0.15, -0.1) is 0 Å². The predicted molar refractivity (Wildman–Crippen MR) is 162 cm³/mol. The minimum atomic E-state index is 1.21. The highest BCUT2D eigenvalue weighted by Gasteiger charge is 2.08. The summed E-state index contributed by atoms with van der Waals surface area (Å²) in [6.07, 6.45) is 41.4. The zero-order chi connectivity index (χ0) is 25.9. The molecule has 1 aromatic heterocycles. The van der Waals surface area contributed by atoms with E-state index >= 15 is 0 Å². The van der Waals surface area contributed by atoms with E-state index in [9.17, 15) is 0 Å². The molecule has 0 aliphatic carbocycles. The van der Waals surface area contributed by atoms with Crippen molar-refractivity contribution in [2.24, 2.45) is 0 Å². The Morgan fingerprint density at radius 2 is 0.694 bits per heavy atom. The van der Waals surface area contributed by atoms with Crippen molar-refractivity contribution in [3.05, 3.63) is 29.6 Å². The summed E-state index contributed by atoms with van der Waals surface area (Å²) >= 11 is 0. The maximum absolute atomic E-state index is 2.55. The van der Waals surface area contributed by atoms with Crippen LogP contribution in [0.5, 0.6) is 0 Å². The molecule has 1 aromatic rings. The van der Waals surface area contributed by atoms with Gasteiger partial charge in [-0.2, -0.15) is 0 Å². The first-order valence-electron chi connectivity index (χ1n) is 16.8. The Kier molecular flexibility index (Phi) is 23.8. The molecule has 0 saturated heterocycles. The summed E-state index contributed by atoms with van der Waals surface area (Å²) in [6, 6.07) is 2.54. The third kappa shape index (κ3) is 20.2. The smallest absolute Gasteiger partial charge is 0.171 e. The van der Waals surface area contributed by atoms with Crippen molar-refractivity contribution in [2.45, 2.75) is 194 Å². The van der Waals surface area contributed by atoms with Crippen LogP contribution >= 0.6 is 0 Å². The lowest BCUT2D eigenvalue weighted by Crippen LogP contribution is -2.34. The largest absolute Gasteiger partial charge is 0.205 e. The summed E-state index contributed by atoms with van der Waals surface area (Å²) in [7, 11) is 0. The quantitative estimate of drug-likeness (QED) is 0.0835. The van der Waals surface area contributed by atoms with Gasteiger partial charge >= 0.3 is 0 Å². The summed E-state index contributed by atoms with van der Waals surface area (Å²) in [5.74, 6) is 0. The van der Waals surface area contributed by atoms with Crippen molar-refractivity contribution in [3.8, 4) is 0 Å². The van der Waals surface area contributed by atoms with Gasteiger partial charge in [0.05, 0.1) is 0 Å². The molecule has 0 radical (unpaired) electrons. The van der Waals surface area contributed by atoms with Crippen LogP contribution in [0.4, 0.5) is 0 Å². The van der Waals surface area contributed by atoms with Crippen molar-refractivity contribution >= 4 is 0 Å². The van der Waals surface area contributed by atoms with Crippen molar-refractivity contribution < 1.29 is 4.57 Å². The summed E-state index contributed by atoms with van der Waals surface area (Å²) in [5.41, 5.74) is 3.18. The molecule has 0 unspecified atom stereocenters. The second kappa shape index (κ2) is 25.8. The molecule has 1 heteroatoms.